The van der Waals surface area contributed by atoms with Gasteiger partial charge in [-0.1, -0.05) is 66.7 Å². The second kappa shape index (κ2) is 7.68. The zero-order valence-electron chi connectivity index (χ0n) is 12.4. The van der Waals surface area contributed by atoms with Gasteiger partial charge in [0, 0.05) is 17.7 Å². The number of ether oxygens (including phenoxy) is 1. The van der Waals surface area contributed by atoms with E-state index >= 15 is 0 Å². The highest BCUT2D eigenvalue weighted by atomic mass is 28.2. The van der Waals surface area contributed by atoms with Gasteiger partial charge in [-0.25, -0.2) is 0 Å². The zero-order valence-corrected chi connectivity index (χ0v) is 13.8. The van der Waals surface area contributed by atoms with Crippen molar-refractivity contribution in [2.75, 3.05) is 6.23 Å². The SMILES string of the molecule is c1ccc(C(OC[SiH2]c2ccccn2)c2ccccc2)cc1. The molecule has 22 heavy (non-hydrogen) atoms. The summed E-state index contributed by atoms with van der Waals surface area (Å²) < 4.78 is 6.24. The molecule has 0 fully saturated rings. The molecule has 3 heteroatoms. The van der Waals surface area contributed by atoms with Crippen molar-refractivity contribution in [2.24, 2.45) is 0 Å². The molecule has 0 aliphatic heterocycles. The van der Waals surface area contributed by atoms with Crippen LogP contribution in [0.5, 0.6) is 0 Å². The minimum atomic E-state index is -0.497. The van der Waals surface area contributed by atoms with Gasteiger partial charge in [-0.05, 0) is 23.3 Å². The summed E-state index contributed by atoms with van der Waals surface area (Å²) >= 11 is 0. The topological polar surface area (TPSA) is 22.1 Å². The third-order valence-electron chi connectivity index (χ3n) is 3.57. The summed E-state index contributed by atoms with van der Waals surface area (Å²) in [5, 5.41) is 1.20. The number of pyridine rings is 1. The van der Waals surface area contributed by atoms with Gasteiger partial charge in [0.15, 0.2) is 0 Å². The second-order valence-corrected chi connectivity index (χ2v) is 6.78. The first-order chi connectivity index (χ1) is 10.9. The fourth-order valence-electron chi connectivity index (χ4n) is 2.47. The van der Waals surface area contributed by atoms with Gasteiger partial charge >= 0.3 is 0 Å². The predicted octanol–water partition coefficient (Wildman–Crippen LogP) is 2.64. The lowest BCUT2D eigenvalue weighted by Gasteiger charge is -2.19. The van der Waals surface area contributed by atoms with Crippen LogP contribution in [0.3, 0.4) is 0 Å². The lowest BCUT2D eigenvalue weighted by molar-refractivity contribution is 0.118. The Morgan fingerprint density at radius 2 is 1.36 bits per heavy atom. The van der Waals surface area contributed by atoms with E-state index in [-0.39, 0.29) is 6.10 Å². The minimum absolute atomic E-state index is 0.00128. The molecule has 1 heterocycles. The molecule has 0 aliphatic rings. The van der Waals surface area contributed by atoms with Gasteiger partial charge in [0.1, 0.15) is 15.6 Å². The van der Waals surface area contributed by atoms with E-state index < -0.39 is 9.52 Å². The zero-order chi connectivity index (χ0) is 15.0. The molecule has 3 aromatic rings. The maximum Gasteiger partial charge on any atom is 0.108 e. The molecule has 110 valence electrons. The van der Waals surface area contributed by atoms with Gasteiger partial charge < -0.3 is 4.74 Å². The molecular formula is C19H19NOSi. The first-order valence-corrected chi connectivity index (χ1v) is 9.25. The summed E-state index contributed by atoms with van der Waals surface area (Å²) in [7, 11) is -0.497. The number of hydrogen-bond acceptors (Lipinski definition) is 2. The number of aromatic nitrogens is 1. The standard InChI is InChI=1S/C19H19NOSi/c1-3-9-16(10-4-1)19(17-11-5-2-6-12-17)21-15-22-18-13-7-8-14-20-18/h1-14,19H,15,22H2. The van der Waals surface area contributed by atoms with E-state index in [0.717, 1.165) is 6.23 Å². The summed E-state index contributed by atoms with van der Waals surface area (Å²) in [4.78, 5) is 4.40. The highest BCUT2D eigenvalue weighted by Crippen LogP contribution is 2.25. The first-order valence-electron chi connectivity index (χ1n) is 7.55. The summed E-state index contributed by atoms with van der Waals surface area (Å²) in [6.07, 6.45) is 2.64. The molecule has 0 saturated carbocycles. The van der Waals surface area contributed by atoms with E-state index in [1.165, 1.54) is 16.4 Å². The van der Waals surface area contributed by atoms with Crippen LogP contribution in [-0.2, 0) is 4.74 Å². The quantitative estimate of drug-likeness (QED) is 0.653. The minimum Gasteiger partial charge on any atom is -0.372 e. The van der Waals surface area contributed by atoms with E-state index in [2.05, 4.69) is 59.6 Å². The first kappa shape index (κ1) is 14.7. The van der Waals surface area contributed by atoms with E-state index in [9.17, 15) is 0 Å². The van der Waals surface area contributed by atoms with Crippen molar-refractivity contribution in [3.8, 4) is 0 Å². The predicted molar refractivity (Wildman–Crippen MR) is 93.1 cm³/mol. The van der Waals surface area contributed by atoms with Crippen LogP contribution >= 0.6 is 0 Å². The molecule has 2 aromatic carbocycles. The van der Waals surface area contributed by atoms with Gasteiger partial charge in [0.05, 0.1) is 0 Å². The summed E-state index contributed by atoms with van der Waals surface area (Å²) in [6.45, 7) is 0. The average Bonchev–Trinajstić information content (AvgIpc) is 2.61. The van der Waals surface area contributed by atoms with Crippen molar-refractivity contribution in [2.45, 2.75) is 6.10 Å². The smallest absolute Gasteiger partial charge is 0.108 e. The molecule has 0 unspecified atom stereocenters. The van der Waals surface area contributed by atoms with E-state index in [1.54, 1.807) is 0 Å². The van der Waals surface area contributed by atoms with Crippen LogP contribution in [0.15, 0.2) is 85.1 Å². The Balaban J connectivity index is 1.72. The Morgan fingerprint density at radius 3 is 1.91 bits per heavy atom. The molecule has 0 spiro atoms. The molecule has 2 nitrogen and oxygen atoms in total. The van der Waals surface area contributed by atoms with Crippen molar-refractivity contribution >= 4 is 14.8 Å². The van der Waals surface area contributed by atoms with Crippen LogP contribution in [-0.4, -0.2) is 20.7 Å². The molecule has 0 bridgehead atoms. The van der Waals surface area contributed by atoms with Gasteiger partial charge in [-0.15, -0.1) is 0 Å². The average molecular weight is 305 g/mol. The number of benzene rings is 2. The number of hydrogen-bond donors (Lipinski definition) is 0. The highest BCUT2D eigenvalue weighted by Gasteiger charge is 2.14. The molecule has 0 amide bonds. The monoisotopic (exact) mass is 305 g/mol. The molecular weight excluding hydrogens is 286 g/mol. The molecule has 1 aromatic heterocycles. The Labute approximate surface area is 133 Å². The molecule has 0 atom stereocenters. The Hall–Kier alpha value is -2.23. The molecule has 0 aliphatic carbocycles. The third-order valence-corrected chi connectivity index (χ3v) is 4.94. The lowest BCUT2D eigenvalue weighted by Crippen LogP contribution is -2.23. The fourth-order valence-corrected chi connectivity index (χ4v) is 3.57. The van der Waals surface area contributed by atoms with Gasteiger partial charge in [0.25, 0.3) is 0 Å². The van der Waals surface area contributed by atoms with E-state index in [4.69, 9.17) is 4.74 Å². The largest absolute Gasteiger partial charge is 0.372 e. The molecule has 0 N–H and O–H groups in total. The lowest BCUT2D eigenvalue weighted by atomic mass is 10.0. The van der Waals surface area contributed by atoms with Gasteiger partial charge in [-0.3, -0.25) is 4.98 Å². The van der Waals surface area contributed by atoms with E-state index in [0.29, 0.717) is 0 Å². The van der Waals surface area contributed by atoms with Gasteiger partial charge in [0.2, 0.25) is 0 Å². The van der Waals surface area contributed by atoms with E-state index in [1.807, 2.05) is 30.5 Å². The molecule has 3 rings (SSSR count). The van der Waals surface area contributed by atoms with Crippen molar-refractivity contribution in [3.05, 3.63) is 96.2 Å². The van der Waals surface area contributed by atoms with Gasteiger partial charge in [-0.2, -0.15) is 0 Å². The van der Waals surface area contributed by atoms with Crippen molar-refractivity contribution in [1.29, 1.82) is 0 Å². The molecule has 0 radical (unpaired) electrons. The number of nitrogens with zero attached hydrogens (tertiary/aromatic N) is 1. The summed E-state index contributed by atoms with van der Waals surface area (Å²) in [5.41, 5.74) is 2.40. The van der Waals surface area contributed by atoms with Crippen LogP contribution in [0.1, 0.15) is 17.2 Å². The highest BCUT2D eigenvalue weighted by molar-refractivity contribution is 6.52. The maximum absolute atomic E-state index is 6.24. The van der Waals surface area contributed by atoms with Crippen LogP contribution < -0.4 is 5.32 Å². The Morgan fingerprint density at radius 1 is 0.773 bits per heavy atom. The molecule has 0 saturated heterocycles. The fraction of sp³-hybridized carbons (Fsp3) is 0.105. The van der Waals surface area contributed by atoms with Crippen molar-refractivity contribution in [3.63, 3.8) is 0 Å². The van der Waals surface area contributed by atoms with Crippen molar-refractivity contribution in [1.82, 2.24) is 4.98 Å². The Bertz CT molecular complexity index is 634. The normalized spacial score (nSPS) is 11.3. The second-order valence-electron chi connectivity index (χ2n) is 5.14. The third kappa shape index (κ3) is 3.90. The van der Waals surface area contributed by atoms with Crippen LogP contribution in [0.2, 0.25) is 0 Å². The number of rotatable bonds is 6. The van der Waals surface area contributed by atoms with Crippen LogP contribution in [0, 0.1) is 0 Å². The Kier molecular flexibility index (Phi) is 5.13. The van der Waals surface area contributed by atoms with Crippen LogP contribution in [0.25, 0.3) is 0 Å². The summed E-state index contributed by atoms with van der Waals surface area (Å²) in [5.74, 6) is 0. The summed E-state index contributed by atoms with van der Waals surface area (Å²) in [6, 6.07) is 26.9. The van der Waals surface area contributed by atoms with Crippen LogP contribution in [0.4, 0.5) is 0 Å². The van der Waals surface area contributed by atoms with Crippen molar-refractivity contribution < 1.29 is 4.74 Å². The maximum atomic E-state index is 6.24.